The van der Waals surface area contributed by atoms with Crippen molar-refractivity contribution in [2.45, 2.75) is 6.92 Å². The number of anilines is 1. The van der Waals surface area contributed by atoms with E-state index in [0.29, 0.717) is 15.4 Å². The predicted molar refractivity (Wildman–Crippen MR) is 94.9 cm³/mol. The molecule has 9 heteroatoms. The van der Waals surface area contributed by atoms with Crippen molar-refractivity contribution >= 4 is 34.1 Å². The van der Waals surface area contributed by atoms with Crippen molar-refractivity contribution in [1.29, 1.82) is 0 Å². The molecule has 0 spiro atoms. The maximum Gasteiger partial charge on any atom is 0.291 e. The van der Waals surface area contributed by atoms with Crippen LogP contribution in [0, 0.1) is 6.92 Å². The van der Waals surface area contributed by atoms with E-state index < -0.39 is 17.7 Å². The molecule has 8 nitrogen and oxygen atoms in total. The van der Waals surface area contributed by atoms with Crippen LogP contribution in [0.3, 0.4) is 0 Å². The number of furan rings is 1. The molecule has 3 N–H and O–H groups in total. The SMILES string of the molecule is Cc1cc(NC(=O)c2ccco2)sc1C(=O)NNC(=O)c1ccccn1. The molecule has 0 unspecified atom stereocenters. The van der Waals surface area contributed by atoms with Crippen LogP contribution in [0.25, 0.3) is 0 Å². The Morgan fingerprint density at radius 1 is 1.04 bits per heavy atom. The first kappa shape index (κ1) is 17.4. The van der Waals surface area contributed by atoms with E-state index in [1.165, 1.54) is 24.6 Å². The maximum atomic E-state index is 12.3. The number of nitrogens with one attached hydrogen (secondary N) is 3. The van der Waals surface area contributed by atoms with Crippen LogP contribution < -0.4 is 16.2 Å². The molecule has 3 amide bonds. The molecular weight excluding hydrogens is 356 g/mol. The molecule has 0 aliphatic carbocycles. The minimum atomic E-state index is -0.528. The fourth-order valence-electron chi connectivity index (χ4n) is 2.08. The van der Waals surface area contributed by atoms with Gasteiger partial charge in [-0.15, -0.1) is 11.3 Å². The van der Waals surface area contributed by atoms with E-state index in [2.05, 4.69) is 21.2 Å². The van der Waals surface area contributed by atoms with Gasteiger partial charge in [0.05, 0.1) is 16.1 Å². The van der Waals surface area contributed by atoms with Crippen LogP contribution in [0.2, 0.25) is 0 Å². The molecular formula is C17H14N4O4S. The van der Waals surface area contributed by atoms with Crippen molar-refractivity contribution in [1.82, 2.24) is 15.8 Å². The summed E-state index contributed by atoms with van der Waals surface area (Å²) in [6.45, 7) is 1.73. The zero-order valence-electron chi connectivity index (χ0n) is 13.6. The van der Waals surface area contributed by atoms with Crippen molar-refractivity contribution in [3.8, 4) is 0 Å². The van der Waals surface area contributed by atoms with E-state index in [1.54, 1.807) is 31.2 Å². The first-order valence-electron chi connectivity index (χ1n) is 7.51. The molecule has 3 aromatic heterocycles. The number of hydrogen-bond donors (Lipinski definition) is 3. The van der Waals surface area contributed by atoms with Gasteiger partial charge in [-0.05, 0) is 42.8 Å². The molecule has 0 aromatic carbocycles. The third-order valence-electron chi connectivity index (χ3n) is 3.29. The topological polar surface area (TPSA) is 113 Å². The maximum absolute atomic E-state index is 12.3. The monoisotopic (exact) mass is 370 g/mol. The van der Waals surface area contributed by atoms with Crippen molar-refractivity contribution < 1.29 is 18.8 Å². The summed E-state index contributed by atoms with van der Waals surface area (Å²) < 4.78 is 5.02. The molecule has 0 bridgehead atoms. The van der Waals surface area contributed by atoms with Crippen LogP contribution in [0.1, 0.15) is 36.3 Å². The summed E-state index contributed by atoms with van der Waals surface area (Å²) in [5.41, 5.74) is 5.48. The van der Waals surface area contributed by atoms with E-state index >= 15 is 0 Å². The Morgan fingerprint density at radius 3 is 2.54 bits per heavy atom. The Morgan fingerprint density at radius 2 is 1.85 bits per heavy atom. The third-order valence-corrected chi connectivity index (χ3v) is 4.44. The fourth-order valence-corrected chi connectivity index (χ4v) is 3.04. The van der Waals surface area contributed by atoms with Gasteiger partial charge in [0.25, 0.3) is 17.7 Å². The summed E-state index contributed by atoms with van der Waals surface area (Å²) in [7, 11) is 0. The highest BCUT2D eigenvalue weighted by molar-refractivity contribution is 7.18. The predicted octanol–water partition coefficient (Wildman–Crippen LogP) is 2.37. The van der Waals surface area contributed by atoms with Gasteiger partial charge < -0.3 is 9.73 Å². The lowest BCUT2D eigenvalue weighted by Gasteiger charge is -2.06. The summed E-state index contributed by atoms with van der Waals surface area (Å²) in [6.07, 6.45) is 2.88. The highest BCUT2D eigenvalue weighted by Crippen LogP contribution is 2.27. The van der Waals surface area contributed by atoms with Gasteiger partial charge in [0.15, 0.2) is 5.76 Å². The average Bonchev–Trinajstić information content (AvgIpc) is 3.30. The number of aryl methyl sites for hydroxylation is 1. The first-order valence-corrected chi connectivity index (χ1v) is 8.33. The normalized spacial score (nSPS) is 10.2. The summed E-state index contributed by atoms with van der Waals surface area (Å²) in [5, 5.41) is 3.15. The number of rotatable bonds is 4. The Labute approximate surface area is 152 Å². The van der Waals surface area contributed by atoms with Gasteiger partial charge >= 0.3 is 0 Å². The van der Waals surface area contributed by atoms with Crippen molar-refractivity contribution in [3.05, 3.63) is 70.8 Å². The molecule has 3 heterocycles. The highest BCUT2D eigenvalue weighted by Gasteiger charge is 2.17. The van der Waals surface area contributed by atoms with Crippen LogP contribution in [0.5, 0.6) is 0 Å². The molecule has 0 aliphatic rings. The van der Waals surface area contributed by atoms with Crippen molar-refractivity contribution in [2.24, 2.45) is 0 Å². The van der Waals surface area contributed by atoms with E-state index in [0.717, 1.165) is 11.3 Å². The van der Waals surface area contributed by atoms with E-state index in [1.807, 2.05) is 0 Å². The lowest BCUT2D eigenvalue weighted by Crippen LogP contribution is -2.41. The minimum absolute atomic E-state index is 0.171. The average molecular weight is 370 g/mol. The first-order chi connectivity index (χ1) is 12.5. The summed E-state index contributed by atoms with van der Waals surface area (Å²) in [4.78, 5) is 40.4. The van der Waals surface area contributed by atoms with Crippen LogP contribution >= 0.6 is 11.3 Å². The van der Waals surface area contributed by atoms with Gasteiger partial charge in [-0.1, -0.05) is 6.07 Å². The molecule has 26 heavy (non-hydrogen) atoms. The Balaban J connectivity index is 1.62. The third kappa shape index (κ3) is 3.95. The molecule has 0 saturated carbocycles. The number of carbonyl (C=O) groups is 3. The van der Waals surface area contributed by atoms with Crippen LogP contribution in [0.15, 0.2) is 53.3 Å². The quantitative estimate of drug-likeness (QED) is 0.610. The number of aromatic nitrogens is 1. The van der Waals surface area contributed by atoms with Gasteiger partial charge in [0.1, 0.15) is 5.69 Å². The zero-order valence-corrected chi connectivity index (χ0v) is 14.4. The molecule has 0 atom stereocenters. The summed E-state index contributed by atoms with van der Waals surface area (Å²) in [6, 6.07) is 9.69. The number of hydrogen-bond acceptors (Lipinski definition) is 6. The Hall–Kier alpha value is -3.46. The standard InChI is InChI=1S/C17H14N4O4S/c1-10-9-13(19-16(23)12-6-4-8-25-12)26-14(10)17(24)21-20-15(22)11-5-2-3-7-18-11/h2-9H,1H3,(H,19,23)(H,20,22)(H,21,24). The lowest BCUT2D eigenvalue weighted by atomic mass is 10.3. The van der Waals surface area contributed by atoms with Gasteiger partial charge in [0.2, 0.25) is 0 Å². The van der Waals surface area contributed by atoms with Gasteiger partial charge in [-0.3, -0.25) is 30.2 Å². The van der Waals surface area contributed by atoms with E-state index in [4.69, 9.17) is 4.42 Å². The van der Waals surface area contributed by atoms with E-state index in [9.17, 15) is 14.4 Å². The van der Waals surface area contributed by atoms with Crippen LogP contribution in [0.4, 0.5) is 5.00 Å². The molecule has 132 valence electrons. The summed E-state index contributed by atoms with van der Waals surface area (Å²) >= 11 is 1.09. The fraction of sp³-hybridized carbons (Fsp3) is 0.0588. The van der Waals surface area contributed by atoms with Crippen molar-refractivity contribution in [3.63, 3.8) is 0 Å². The largest absolute Gasteiger partial charge is 0.459 e. The van der Waals surface area contributed by atoms with Gasteiger partial charge in [0, 0.05) is 6.20 Å². The Bertz CT molecular complexity index is 935. The zero-order chi connectivity index (χ0) is 18.5. The van der Waals surface area contributed by atoms with Crippen molar-refractivity contribution in [2.75, 3.05) is 5.32 Å². The molecule has 3 rings (SSSR count). The minimum Gasteiger partial charge on any atom is -0.459 e. The molecule has 0 saturated heterocycles. The second-order valence-corrected chi connectivity index (χ2v) is 6.23. The lowest BCUT2D eigenvalue weighted by molar-refractivity contribution is 0.0846. The highest BCUT2D eigenvalue weighted by atomic mass is 32.1. The number of thiophene rings is 1. The second-order valence-electron chi connectivity index (χ2n) is 5.18. The van der Waals surface area contributed by atoms with E-state index in [-0.39, 0.29) is 11.5 Å². The number of pyridine rings is 1. The second kappa shape index (κ2) is 7.62. The molecule has 0 fully saturated rings. The van der Waals surface area contributed by atoms with Crippen LogP contribution in [-0.4, -0.2) is 22.7 Å². The van der Waals surface area contributed by atoms with Gasteiger partial charge in [-0.25, -0.2) is 0 Å². The smallest absolute Gasteiger partial charge is 0.291 e. The Kier molecular flexibility index (Phi) is 5.09. The number of nitrogens with zero attached hydrogens (tertiary/aromatic N) is 1. The molecule has 0 aliphatic heterocycles. The molecule has 3 aromatic rings. The molecule has 0 radical (unpaired) electrons. The summed E-state index contributed by atoms with van der Waals surface area (Å²) in [5.74, 6) is -1.26. The number of carbonyl (C=O) groups excluding carboxylic acids is 3. The number of amides is 3. The van der Waals surface area contributed by atoms with Gasteiger partial charge in [-0.2, -0.15) is 0 Å². The van der Waals surface area contributed by atoms with Crippen LogP contribution in [-0.2, 0) is 0 Å². The number of hydrazine groups is 1.